The molecule has 0 fully saturated rings. The van der Waals surface area contributed by atoms with Crippen molar-refractivity contribution in [2.45, 2.75) is 6.92 Å². The van der Waals surface area contributed by atoms with E-state index in [0.717, 1.165) is 5.69 Å². The van der Waals surface area contributed by atoms with Crippen molar-refractivity contribution >= 4 is 28.6 Å². The second-order valence-corrected chi connectivity index (χ2v) is 2.90. The molecule has 0 saturated carbocycles. The highest BCUT2D eigenvalue weighted by atomic mass is 127. The van der Waals surface area contributed by atoms with Gasteiger partial charge in [0.2, 0.25) is 0 Å². The Morgan fingerprint density at radius 3 is 2.60 bits per heavy atom. The van der Waals surface area contributed by atoms with Crippen LogP contribution in [-0.2, 0) is 0 Å². The molecule has 10 heavy (non-hydrogen) atoms. The van der Waals surface area contributed by atoms with Crippen LogP contribution in [-0.4, -0.2) is 21.3 Å². The lowest BCUT2D eigenvalue weighted by Crippen LogP contribution is -1.98. The van der Waals surface area contributed by atoms with Crippen molar-refractivity contribution in [2.75, 3.05) is 0 Å². The van der Waals surface area contributed by atoms with Crippen LogP contribution in [0.2, 0.25) is 0 Å². The number of H-pyrrole nitrogens is 1. The molecule has 0 unspecified atom stereocenters. The molecular formula is C5H5IN2O2. The van der Waals surface area contributed by atoms with Crippen LogP contribution >= 0.6 is 22.6 Å². The first kappa shape index (κ1) is 7.52. The number of nitrogens with zero attached hydrogens (tertiary/aromatic N) is 1. The van der Waals surface area contributed by atoms with Crippen molar-refractivity contribution in [1.82, 2.24) is 10.2 Å². The Hall–Kier alpha value is -0.590. The van der Waals surface area contributed by atoms with Gasteiger partial charge in [-0.15, -0.1) is 0 Å². The van der Waals surface area contributed by atoms with Gasteiger partial charge < -0.3 is 5.11 Å². The molecule has 2 N–H and O–H groups in total. The van der Waals surface area contributed by atoms with Crippen LogP contribution in [0.1, 0.15) is 16.2 Å². The summed E-state index contributed by atoms with van der Waals surface area (Å²) in [4.78, 5) is 10.3. The molecular weight excluding hydrogens is 247 g/mol. The number of halogens is 1. The normalized spacial score (nSPS) is 9.80. The van der Waals surface area contributed by atoms with Gasteiger partial charge in [0, 0.05) is 5.69 Å². The molecule has 0 bridgehead atoms. The number of aromatic carboxylic acids is 1. The minimum Gasteiger partial charge on any atom is -0.476 e. The molecule has 0 aliphatic heterocycles. The molecule has 4 nitrogen and oxygen atoms in total. The van der Waals surface area contributed by atoms with E-state index in [2.05, 4.69) is 10.2 Å². The van der Waals surface area contributed by atoms with E-state index in [1.165, 1.54) is 0 Å². The first-order valence-electron chi connectivity index (χ1n) is 2.56. The monoisotopic (exact) mass is 252 g/mol. The molecule has 1 aromatic heterocycles. The van der Waals surface area contributed by atoms with Crippen LogP contribution in [0.5, 0.6) is 0 Å². The number of hydrogen-bond donors (Lipinski definition) is 2. The van der Waals surface area contributed by atoms with E-state index in [1.54, 1.807) is 6.92 Å². The van der Waals surface area contributed by atoms with Gasteiger partial charge in [0.15, 0.2) is 5.69 Å². The zero-order valence-electron chi connectivity index (χ0n) is 5.18. The van der Waals surface area contributed by atoms with Gasteiger partial charge in [0.25, 0.3) is 0 Å². The van der Waals surface area contributed by atoms with Crippen molar-refractivity contribution < 1.29 is 9.90 Å². The molecule has 0 saturated heterocycles. The van der Waals surface area contributed by atoms with Crippen molar-refractivity contribution in [3.05, 3.63) is 15.0 Å². The van der Waals surface area contributed by atoms with Crippen LogP contribution in [0.15, 0.2) is 0 Å². The lowest BCUT2D eigenvalue weighted by molar-refractivity contribution is 0.0689. The Morgan fingerprint density at radius 1 is 1.80 bits per heavy atom. The first-order valence-corrected chi connectivity index (χ1v) is 3.64. The molecule has 1 aromatic rings. The maximum Gasteiger partial charge on any atom is 0.357 e. The predicted molar refractivity (Wildman–Crippen MR) is 43.0 cm³/mol. The zero-order chi connectivity index (χ0) is 7.72. The summed E-state index contributed by atoms with van der Waals surface area (Å²) in [6, 6.07) is 0. The van der Waals surface area contributed by atoms with Crippen LogP contribution in [0.3, 0.4) is 0 Å². The van der Waals surface area contributed by atoms with Crippen LogP contribution in [0, 0.1) is 10.5 Å². The Kier molecular flexibility index (Phi) is 1.93. The number of carboxylic acids is 1. The Balaban J connectivity index is 3.17. The van der Waals surface area contributed by atoms with Gasteiger partial charge in [0.1, 0.15) is 0 Å². The molecule has 0 atom stereocenters. The number of nitrogens with one attached hydrogen (secondary N) is 1. The molecule has 0 aromatic carbocycles. The van der Waals surface area contributed by atoms with E-state index >= 15 is 0 Å². The highest BCUT2D eigenvalue weighted by molar-refractivity contribution is 14.1. The smallest absolute Gasteiger partial charge is 0.357 e. The van der Waals surface area contributed by atoms with Crippen molar-refractivity contribution in [3.8, 4) is 0 Å². The summed E-state index contributed by atoms with van der Waals surface area (Å²) in [6.07, 6.45) is 0. The number of aromatic amines is 1. The summed E-state index contributed by atoms with van der Waals surface area (Å²) >= 11 is 1.94. The largest absolute Gasteiger partial charge is 0.476 e. The standard InChI is InChI=1S/C5H5IN2O2/c1-2-3(6)4(5(9)10)8-7-2/h1H3,(H,7,8)(H,9,10). The highest BCUT2D eigenvalue weighted by Gasteiger charge is 2.12. The molecule has 0 aliphatic carbocycles. The summed E-state index contributed by atoms with van der Waals surface area (Å²) in [5.41, 5.74) is 0.885. The van der Waals surface area contributed by atoms with Gasteiger partial charge in [-0.25, -0.2) is 4.79 Å². The molecule has 1 heterocycles. The number of hydrogen-bond acceptors (Lipinski definition) is 2. The van der Waals surface area contributed by atoms with Gasteiger partial charge >= 0.3 is 5.97 Å². The van der Waals surface area contributed by atoms with Crippen LogP contribution < -0.4 is 0 Å². The molecule has 0 amide bonds. The third kappa shape index (κ3) is 1.13. The number of aromatic nitrogens is 2. The number of aryl methyl sites for hydroxylation is 1. The zero-order valence-corrected chi connectivity index (χ0v) is 7.34. The summed E-state index contributed by atoms with van der Waals surface area (Å²) in [5, 5.41) is 14.7. The van der Waals surface area contributed by atoms with Crippen molar-refractivity contribution in [2.24, 2.45) is 0 Å². The highest BCUT2D eigenvalue weighted by Crippen LogP contribution is 2.12. The van der Waals surface area contributed by atoms with Gasteiger partial charge in [-0.05, 0) is 29.5 Å². The average molecular weight is 252 g/mol. The number of rotatable bonds is 1. The Morgan fingerprint density at radius 2 is 2.40 bits per heavy atom. The third-order valence-corrected chi connectivity index (χ3v) is 2.40. The molecule has 0 radical (unpaired) electrons. The SMILES string of the molecule is Cc1[nH]nc(C(=O)O)c1I. The minimum atomic E-state index is -0.992. The van der Waals surface area contributed by atoms with Crippen LogP contribution in [0.4, 0.5) is 0 Å². The molecule has 5 heteroatoms. The first-order chi connectivity index (χ1) is 4.63. The maximum absolute atomic E-state index is 10.3. The van der Waals surface area contributed by atoms with E-state index in [9.17, 15) is 4.79 Å². The lowest BCUT2D eigenvalue weighted by Gasteiger charge is -1.85. The fraction of sp³-hybridized carbons (Fsp3) is 0.200. The maximum atomic E-state index is 10.3. The second-order valence-electron chi connectivity index (χ2n) is 1.82. The number of carboxylic acid groups (broad SMARTS) is 1. The van der Waals surface area contributed by atoms with Gasteiger partial charge in [0.05, 0.1) is 3.57 Å². The summed E-state index contributed by atoms with van der Waals surface area (Å²) in [5.74, 6) is -0.992. The fourth-order valence-electron chi connectivity index (χ4n) is 0.557. The molecule has 0 aliphatic rings. The second kappa shape index (κ2) is 2.57. The minimum absolute atomic E-state index is 0.0955. The van der Waals surface area contributed by atoms with Crippen molar-refractivity contribution in [3.63, 3.8) is 0 Å². The van der Waals surface area contributed by atoms with E-state index < -0.39 is 5.97 Å². The third-order valence-electron chi connectivity index (χ3n) is 1.08. The van der Waals surface area contributed by atoms with Gasteiger partial charge in [-0.3, -0.25) is 5.10 Å². The topological polar surface area (TPSA) is 66.0 Å². The Bertz CT molecular complexity index is 269. The van der Waals surface area contributed by atoms with Crippen molar-refractivity contribution in [1.29, 1.82) is 0 Å². The summed E-state index contributed by atoms with van der Waals surface area (Å²) in [7, 11) is 0. The summed E-state index contributed by atoms with van der Waals surface area (Å²) in [6.45, 7) is 1.78. The fourth-order valence-corrected chi connectivity index (χ4v) is 1.03. The van der Waals surface area contributed by atoms with E-state index in [-0.39, 0.29) is 5.69 Å². The van der Waals surface area contributed by atoms with Gasteiger partial charge in [-0.1, -0.05) is 0 Å². The average Bonchev–Trinajstić information content (AvgIpc) is 2.14. The lowest BCUT2D eigenvalue weighted by atomic mass is 10.4. The van der Waals surface area contributed by atoms with Gasteiger partial charge in [-0.2, -0.15) is 5.10 Å². The summed E-state index contributed by atoms with van der Waals surface area (Å²) < 4.78 is 0.671. The van der Waals surface area contributed by atoms with E-state index in [0.29, 0.717) is 3.57 Å². The molecule has 0 spiro atoms. The Labute approximate surface area is 70.8 Å². The predicted octanol–water partition coefficient (Wildman–Crippen LogP) is 1.02. The molecule has 1 rings (SSSR count). The van der Waals surface area contributed by atoms with Crippen LogP contribution in [0.25, 0.3) is 0 Å². The van der Waals surface area contributed by atoms with E-state index in [4.69, 9.17) is 5.11 Å². The number of carbonyl (C=O) groups is 1. The quantitative estimate of drug-likeness (QED) is 0.733. The molecule has 54 valence electrons. The van der Waals surface area contributed by atoms with E-state index in [1.807, 2.05) is 22.6 Å².